The summed E-state index contributed by atoms with van der Waals surface area (Å²) < 4.78 is 16.0. The van der Waals surface area contributed by atoms with E-state index in [-0.39, 0.29) is 18.2 Å². The molecule has 1 aliphatic carbocycles. The van der Waals surface area contributed by atoms with Crippen LogP contribution in [0, 0.1) is 0 Å². The quantitative estimate of drug-likeness (QED) is 0.184. The number of hydrogen-bond acceptors (Lipinski definition) is 4. The molecule has 7 aromatic carbocycles. The lowest BCUT2D eigenvalue weighted by Crippen LogP contribution is -2.41. The van der Waals surface area contributed by atoms with Gasteiger partial charge in [0.05, 0.1) is 12.1 Å². The number of nitrogens with zero attached hydrogens (tertiary/aromatic N) is 1. The van der Waals surface area contributed by atoms with E-state index in [0.29, 0.717) is 0 Å². The molecule has 12 rings (SSSR count). The predicted octanol–water partition coefficient (Wildman–Crippen LogP) is 13.5. The summed E-state index contributed by atoms with van der Waals surface area (Å²) in [5.41, 5.74) is 14.5. The fourth-order valence-corrected chi connectivity index (χ4v) is 9.90. The van der Waals surface area contributed by atoms with Crippen LogP contribution in [0.4, 0.5) is 0 Å². The highest BCUT2D eigenvalue weighted by molar-refractivity contribution is 6.10. The minimum absolute atomic E-state index is 0.0326. The topological polar surface area (TPSA) is 55.3 Å². The Morgan fingerprint density at radius 3 is 2.05 bits per heavy atom. The molecule has 0 amide bonds. The number of nitrogens with one attached hydrogen (secondary N) is 2. The fourth-order valence-electron chi connectivity index (χ4n) is 9.90. The first-order valence-corrected chi connectivity index (χ1v) is 20.2. The van der Waals surface area contributed by atoms with E-state index in [2.05, 4.69) is 198 Å². The average Bonchev–Trinajstić information content (AvgIpc) is 3.96. The zero-order valence-corrected chi connectivity index (χ0v) is 31.9. The smallest absolute Gasteiger partial charge is 0.136 e. The second-order valence-electron chi connectivity index (χ2n) is 15.7. The molecule has 10 aromatic rings. The van der Waals surface area contributed by atoms with Gasteiger partial charge in [-0.2, -0.15) is 0 Å². The van der Waals surface area contributed by atoms with Crippen molar-refractivity contribution in [1.82, 2.24) is 15.2 Å². The summed E-state index contributed by atoms with van der Waals surface area (Å²) in [6.07, 6.45) is 5.13. The molecule has 1 aliphatic heterocycles. The molecule has 2 aliphatic rings. The number of para-hydroxylation sites is 2. The van der Waals surface area contributed by atoms with Gasteiger partial charge in [0.25, 0.3) is 0 Å². The number of fused-ring (bicyclic) bond motifs is 9. The highest BCUT2D eigenvalue weighted by Gasteiger charge is 2.32. The Labute approximate surface area is 335 Å². The molecule has 0 spiro atoms. The van der Waals surface area contributed by atoms with Crippen LogP contribution in [0.1, 0.15) is 59.6 Å². The average molecular weight is 750 g/mol. The molecule has 0 bridgehead atoms. The minimum atomic E-state index is -0.162. The van der Waals surface area contributed by atoms with Crippen LogP contribution in [-0.4, -0.2) is 4.57 Å². The highest BCUT2D eigenvalue weighted by Crippen LogP contribution is 2.47. The minimum Gasteiger partial charge on any atom is -0.456 e. The van der Waals surface area contributed by atoms with E-state index in [4.69, 9.17) is 8.83 Å². The fraction of sp³-hybridized carbons (Fsp3) is 0.0943. The van der Waals surface area contributed by atoms with Crippen LogP contribution < -0.4 is 10.6 Å². The SMILES string of the molecule is CC1=C(c2ccccc2)NC(c2cccc3oc4cc(-c5cccc6oc7c(c56)C(n5c6ccccc6c6ccccc65)CC=C7)ccc4c23)NC1c1ccccc1. The zero-order valence-electron chi connectivity index (χ0n) is 31.9. The molecular formula is C53H39N3O2. The Kier molecular flexibility index (Phi) is 7.41. The van der Waals surface area contributed by atoms with Crippen molar-refractivity contribution in [2.24, 2.45) is 0 Å². The molecule has 58 heavy (non-hydrogen) atoms. The van der Waals surface area contributed by atoms with Gasteiger partial charge in [-0.1, -0.05) is 133 Å². The molecule has 0 saturated heterocycles. The van der Waals surface area contributed by atoms with Crippen molar-refractivity contribution in [3.05, 3.63) is 203 Å². The van der Waals surface area contributed by atoms with E-state index in [0.717, 1.165) is 67.5 Å². The molecule has 5 heteroatoms. The summed E-state index contributed by atoms with van der Waals surface area (Å²) in [7, 11) is 0. The first kappa shape index (κ1) is 33.1. The van der Waals surface area contributed by atoms with Gasteiger partial charge < -0.3 is 18.7 Å². The van der Waals surface area contributed by atoms with Crippen molar-refractivity contribution in [2.75, 3.05) is 0 Å². The summed E-state index contributed by atoms with van der Waals surface area (Å²) in [5, 5.41) is 13.8. The lowest BCUT2D eigenvalue weighted by molar-refractivity contribution is 0.429. The first-order chi connectivity index (χ1) is 28.7. The molecule has 3 aromatic heterocycles. The summed E-state index contributed by atoms with van der Waals surface area (Å²) in [6.45, 7) is 2.23. The maximum Gasteiger partial charge on any atom is 0.136 e. The van der Waals surface area contributed by atoms with Gasteiger partial charge in [-0.3, -0.25) is 5.32 Å². The summed E-state index contributed by atoms with van der Waals surface area (Å²) in [6, 6.07) is 58.6. The summed E-state index contributed by atoms with van der Waals surface area (Å²) in [5.74, 6) is 0.926. The van der Waals surface area contributed by atoms with Gasteiger partial charge in [0.1, 0.15) is 28.7 Å². The van der Waals surface area contributed by atoms with E-state index in [9.17, 15) is 0 Å². The Bertz CT molecular complexity index is 3240. The third-order valence-electron chi connectivity index (χ3n) is 12.5. The Morgan fingerprint density at radius 1 is 0.586 bits per heavy atom. The van der Waals surface area contributed by atoms with Crippen molar-refractivity contribution in [1.29, 1.82) is 0 Å². The van der Waals surface area contributed by atoms with Gasteiger partial charge in [-0.05, 0) is 83.6 Å². The maximum absolute atomic E-state index is 6.77. The highest BCUT2D eigenvalue weighted by atomic mass is 16.3. The van der Waals surface area contributed by atoms with E-state index in [1.165, 1.54) is 44.1 Å². The molecule has 4 heterocycles. The molecule has 2 N–H and O–H groups in total. The van der Waals surface area contributed by atoms with Gasteiger partial charge >= 0.3 is 0 Å². The van der Waals surface area contributed by atoms with Crippen LogP contribution in [0.3, 0.4) is 0 Å². The third kappa shape index (κ3) is 5.00. The van der Waals surface area contributed by atoms with Crippen LogP contribution in [-0.2, 0) is 0 Å². The Hall–Kier alpha value is -7.08. The largest absolute Gasteiger partial charge is 0.456 e. The van der Waals surface area contributed by atoms with Crippen LogP contribution in [0.2, 0.25) is 0 Å². The summed E-state index contributed by atoms with van der Waals surface area (Å²) >= 11 is 0. The van der Waals surface area contributed by atoms with Gasteiger partial charge in [0, 0.05) is 54.8 Å². The van der Waals surface area contributed by atoms with Crippen molar-refractivity contribution >= 4 is 66.5 Å². The number of benzene rings is 7. The lowest BCUT2D eigenvalue weighted by Gasteiger charge is -2.36. The number of aromatic nitrogens is 1. The van der Waals surface area contributed by atoms with Gasteiger partial charge in [-0.15, -0.1) is 0 Å². The Morgan fingerprint density at radius 2 is 1.28 bits per heavy atom. The van der Waals surface area contributed by atoms with Gasteiger partial charge in [-0.25, -0.2) is 0 Å². The predicted molar refractivity (Wildman–Crippen MR) is 237 cm³/mol. The standard InChI is InChI=1S/C53H39N3O2/c1-32-51(33-15-4-2-5-16-33)54-53(55-52(32)34-17-6-3-7-18-34)40-22-13-26-44-48(40)39-30-29-35(31-47(39)58-44)36-21-12-27-45-49(36)50-43(25-14-28-46(50)57-45)56-41-23-10-8-19-37(41)38-20-9-11-24-42(38)56/h2-24,26-31,43,51,53-55H,25H2,1H3. The van der Waals surface area contributed by atoms with Crippen molar-refractivity contribution < 1.29 is 8.83 Å². The van der Waals surface area contributed by atoms with Crippen LogP contribution in [0.25, 0.3) is 77.6 Å². The monoisotopic (exact) mass is 749 g/mol. The van der Waals surface area contributed by atoms with Gasteiger partial charge in [0.15, 0.2) is 0 Å². The van der Waals surface area contributed by atoms with Gasteiger partial charge in [0.2, 0.25) is 0 Å². The molecule has 3 unspecified atom stereocenters. The van der Waals surface area contributed by atoms with Crippen molar-refractivity contribution in [3.8, 4) is 11.1 Å². The number of rotatable bonds is 5. The second kappa shape index (κ2) is 13.0. The van der Waals surface area contributed by atoms with E-state index in [1.54, 1.807) is 0 Å². The first-order valence-electron chi connectivity index (χ1n) is 20.2. The molecule has 3 atom stereocenters. The molecular weight excluding hydrogens is 711 g/mol. The third-order valence-corrected chi connectivity index (χ3v) is 12.5. The van der Waals surface area contributed by atoms with Crippen LogP contribution in [0.5, 0.6) is 0 Å². The molecule has 0 saturated carbocycles. The van der Waals surface area contributed by atoms with E-state index < -0.39 is 0 Å². The second-order valence-corrected chi connectivity index (χ2v) is 15.7. The zero-order chi connectivity index (χ0) is 38.3. The maximum atomic E-state index is 6.77. The lowest BCUT2D eigenvalue weighted by atomic mass is 9.90. The Balaban J connectivity index is 0.995. The molecule has 0 fully saturated rings. The normalized spacial score (nSPS) is 18.1. The number of hydrogen-bond donors (Lipinski definition) is 2. The van der Waals surface area contributed by atoms with E-state index in [1.807, 2.05) is 0 Å². The molecule has 278 valence electrons. The molecule has 5 nitrogen and oxygen atoms in total. The summed E-state index contributed by atoms with van der Waals surface area (Å²) in [4.78, 5) is 0. The number of furan rings is 2. The van der Waals surface area contributed by atoms with Crippen LogP contribution in [0.15, 0.2) is 184 Å². The molecule has 0 radical (unpaired) electrons. The van der Waals surface area contributed by atoms with Crippen molar-refractivity contribution in [3.63, 3.8) is 0 Å². The van der Waals surface area contributed by atoms with Crippen molar-refractivity contribution in [2.45, 2.75) is 31.6 Å². The van der Waals surface area contributed by atoms with Crippen LogP contribution >= 0.6 is 0 Å². The van der Waals surface area contributed by atoms with E-state index >= 15 is 0 Å². The number of allylic oxidation sites excluding steroid dienone is 1.